The number of hydrogen-bond acceptors (Lipinski definition) is 5. The zero-order valence-electron chi connectivity index (χ0n) is 16.8. The van der Waals surface area contributed by atoms with Crippen LogP contribution < -0.4 is 10.6 Å². The van der Waals surface area contributed by atoms with Crippen LogP contribution in [0.5, 0.6) is 0 Å². The standard InChI is InChI=1S/C17H32N8O.HI/c1-5-18-17(20-12-15-21-13-22-24(15)4)19-9-7-11-25-10-6-8-14(25)16(26)23(2)3;/h13-14H,5-12H2,1-4H3,(H2,18,19,20);1H. The summed E-state index contributed by atoms with van der Waals surface area (Å²) in [6.45, 7) is 6.06. The number of likely N-dealkylation sites (N-methyl/N-ethyl adjacent to an activating group) is 1. The summed E-state index contributed by atoms with van der Waals surface area (Å²) in [4.78, 5) is 25.0. The van der Waals surface area contributed by atoms with Gasteiger partial charge in [0.25, 0.3) is 0 Å². The summed E-state index contributed by atoms with van der Waals surface area (Å²) in [5, 5.41) is 10.6. The molecule has 154 valence electrons. The number of hydrogen-bond donors (Lipinski definition) is 2. The molecule has 1 unspecified atom stereocenters. The first-order chi connectivity index (χ1) is 12.5. The third kappa shape index (κ3) is 7.24. The van der Waals surface area contributed by atoms with E-state index in [-0.39, 0.29) is 35.9 Å². The van der Waals surface area contributed by atoms with E-state index in [1.54, 1.807) is 9.58 Å². The highest BCUT2D eigenvalue weighted by molar-refractivity contribution is 14.0. The largest absolute Gasteiger partial charge is 0.357 e. The predicted molar refractivity (Wildman–Crippen MR) is 117 cm³/mol. The van der Waals surface area contributed by atoms with Crippen molar-refractivity contribution in [2.75, 3.05) is 40.3 Å². The van der Waals surface area contributed by atoms with Crippen LogP contribution in [-0.4, -0.2) is 82.7 Å². The molecule has 0 spiro atoms. The van der Waals surface area contributed by atoms with Crippen LogP contribution in [0.2, 0.25) is 0 Å². The van der Waals surface area contributed by atoms with Crippen molar-refractivity contribution in [1.82, 2.24) is 35.2 Å². The van der Waals surface area contributed by atoms with Gasteiger partial charge in [0.1, 0.15) is 18.7 Å². The maximum Gasteiger partial charge on any atom is 0.239 e. The highest BCUT2D eigenvalue weighted by atomic mass is 127. The smallest absolute Gasteiger partial charge is 0.239 e. The molecule has 1 atom stereocenters. The number of halogens is 1. The number of likely N-dealkylation sites (tertiary alicyclic amines) is 1. The Bertz CT molecular complexity index is 604. The quantitative estimate of drug-likeness (QED) is 0.237. The number of aromatic nitrogens is 3. The van der Waals surface area contributed by atoms with Gasteiger partial charge in [-0.25, -0.2) is 9.98 Å². The molecular weight excluding hydrogens is 459 g/mol. The molecule has 1 saturated heterocycles. The maximum atomic E-state index is 12.2. The van der Waals surface area contributed by atoms with Gasteiger partial charge in [-0.05, 0) is 32.7 Å². The Hall–Kier alpha value is -1.43. The molecule has 2 N–H and O–H groups in total. The number of rotatable bonds is 8. The van der Waals surface area contributed by atoms with E-state index >= 15 is 0 Å². The zero-order valence-corrected chi connectivity index (χ0v) is 19.1. The van der Waals surface area contributed by atoms with Gasteiger partial charge in [-0.1, -0.05) is 0 Å². The fourth-order valence-electron chi connectivity index (χ4n) is 3.12. The average molecular weight is 492 g/mol. The minimum Gasteiger partial charge on any atom is -0.357 e. The number of carbonyl (C=O) groups excluding carboxylic acids is 1. The summed E-state index contributed by atoms with van der Waals surface area (Å²) in [5.74, 6) is 1.82. The molecule has 10 heteroatoms. The summed E-state index contributed by atoms with van der Waals surface area (Å²) in [6.07, 6.45) is 4.56. The molecule has 1 aromatic rings. The van der Waals surface area contributed by atoms with Gasteiger partial charge in [0, 0.05) is 40.8 Å². The molecule has 2 rings (SSSR count). The second kappa shape index (κ2) is 12.1. The van der Waals surface area contributed by atoms with Gasteiger partial charge >= 0.3 is 0 Å². The summed E-state index contributed by atoms with van der Waals surface area (Å²) in [6, 6.07) is 0.0443. The molecule has 0 saturated carbocycles. The van der Waals surface area contributed by atoms with E-state index in [4.69, 9.17) is 0 Å². The summed E-state index contributed by atoms with van der Waals surface area (Å²) < 4.78 is 1.72. The van der Waals surface area contributed by atoms with Crippen molar-refractivity contribution >= 4 is 35.8 Å². The van der Waals surface area contributed by atoms with Crippen molar-refractivity contribution in [2.24, 2.45) is 12.0 Å². The average Bonchev–Trinajstić information content (AvgIpc) is 3.24. The number of carbonyl (C=O) groups is 1. The zero-order chi connectivity index (χ0) is 18.9. The van der Waals surface area contributed by atoms with Gasteiger partial charge in [-0.3, -0.25) is 14.4 Å². The van der Waals surface area contributed by atoms with E-state index in [0.717, 1.165) is 57.2 Å². The van der Waals surface area contributed by atoms with Crippen molar-refractivity contribution in [1.29, 1.82) is 0 Å². The van der Waals surface area contributed by atoms with E-state index < -0.39 is 0 Å². The molecule has 1 fully saturated rings. The Morgan fingerprint density at radius 3 is 2.81 bits per heavy atom. The van der Waals surface area contributed by atoms with Crippen LogP contribution in [0.15, 0.2) is 11.3 Å². The van der Waals surface area contributed by atoms with E-state index in [1.165, 1.54) is 6.33 Å². The van der Waals surface area contributed by atoms with Crippen molar-refractivity contribution in [3.05, 3.63) is 12.2 Å². The van der Waals surface area contributed by atoms with E-state index in [1.807, 2.05) is 28.1 Å². The number of amides is 1. The minimum atomic E-state index is 0. The molecule has 1 aliphatic rings. The molecule has 1 aromatic heterocycles. The second-order valence-corrected chi connectivity index (χ2v) is 6.70. The number of aliphatic imine (C=N–C) groups is 1. The molecule has 9 nitrogen and oxygen atoms in total. The Kier molecular flexibility index (Phi) is 10.6. The van der Waals surface area contributed by atoms with E-state index in [2.05, 4.69) is 30.6 Å². The van der Waals surface area contributed by atoms with Crippen molar-refractivity contribution in [2.45, 2.75) is 38.8 Å². The summed E-state index contributed by atoms with van der Waals surface area (Å²) in [5.41, 5.74) is 0. The van der Waals surface area contributed by atoms with Crippen molar-refractivity contribution in [3.8, 4) is 0 Å². The molecule has 1 amide bonds. The van der Waals surface area contributed by atoms with Crippen molar-refractivity contribution in [3.63, 3.8) is 0 Å². The number of aryl methyl sites for hydroxylation is 1. The fraction of sp³-hybridized carbons (Fsp3) is 0.765. The van der Waals surface area contributed by atoms with Crippen LogP contribution >= 0.6 is 24.0 Å². The van der Waals surface area contributed by atoms with E-state index in [9.17, 15) is 4.79 Å². The Balaban J connectivity index is 0.00000364. The lowest BCUT2D eigenvalue weighted by molar-refractivity contribution is -0.133. The van der Waals surface area contributed by atoms with Crippen LogP contribution in [0, 0.1) is 0 Å². The molecule has 1 aliphatic heterocycles. The lowest BCUT2D eigenvalue weighted by Gasteiger charge is -2.26. The Morgan fingerprint density at radius 1 is 1.41 bits per heavy atom. The molecule has 0 bridgehead atoms. The predicted octanol–water partition coefficient (Wildman–Crippen LogP) is 0.431. The van der Waals surface area contributed by atoms with Gasteiger partial charge in [-0.2, -0.15) is 5.10 Å². The highest BCUT2D eigenvalue weighted by Gasteiger charge is 2.30. The van der Waals surface area contributed by atoms with Gasteiger partial charge in [0.05, 0.1) is 6.04 Å². The third-order valence-corrected chi connectivity index (χ3v) is 4.53. The molecular formula is C17H33IN8O. The fourth-order valence-corrected chi connectivity index (χ4v) is 3.12. The first-order valence-electron chi connectivity index (χ1n) is 9.33. The van der Waals surface area contributed by atoms with Gasteiger partial charge in [-0.15, -0.1) is 24.0 Å². The van der Waals surface area contributed by atoms with Crippen LogP contribution in [-0.2, 0) is 18.4 Å². The molecule has 0 aromatic carbocycles. The van der Waals surface area contributed by atoms with Crippen molar-refractivity contribution < 1.29 is 4.79 Å². The van der Waals surface area contributed by atoms with Crippen LogP contribution in [0.4, 0.5) is 0 Å². The normalized spacial score (nSPS) is 17.5. The number of nitrogens with zero attached hydrogens (tertiary/aromatic N) is 6. The summed E-state index contributed by atoms with van der Waals surface area (Å²) in [7, 11) is 5.52. The Labute approximate surface area is 179 Å². The Morgan fingerprint density at radius 2 is 2.19 bits per heavy atom. The molecule has 2 heterocycles. The number of guanidine groups is 1. The molecule has 0 aliphatic carbocycles. The first kappa shape index (κ1) is 23.6. The van der Waals surface area contributed by atoms with Crippen LogP contribution in [0.25, 0.3) is 0 Å². The highest BCUT2D eigenvalue weighted by Crippen LogP contribution is 2.18. The topological polar surface area (TPSA) is 90.7 Å². The van der Waals surface area contributed by atoms with Gasteiger partial charge in [0.2, 0.25) is 5.91 Å². The van der Waals surface area contributed by atoms with Gasteiger partial charge < -0.3 is 15.5 Å². The lowest BCUT2D eigenvalue weighted by atomic mass is 10.2. The van der Waals surface area contributed by atoms with Crippen LogP contribution in [0.1, 0.15) is 32.0 Å². The number of nitrogens with one attached hydrogen (secondary N) is 2. The molecule has 27 heavy (non-hydrogen) atoms. The van der Waals surface area contributed by atoms with Gasteiger partial charge in [0.15, 0.2) is 5.96 Å². The SMILES string of the molecule is CCNC(=NCc1ncnn1C)NCCCN1CCCC1C(=O)N(C)C.I. The third-order valence-electron chi connectivity index (χ3n) is 4.53. The molecule has 0 radical (unpaired) electrons. The second-order valence-electron chi connectivity index (χ2n) is 6.70. The minimum absolute atomic E-state index is 0. The lowest BCUT2D eigenvalue weighted by Crippen LogP contribution is -2.44. The monoisotopic (exact) mass is 492 g/mol. The summed E-state index contributed by atoms with van der Waals surface area (Å²) >= 11 is 0. The van der Waals surface area contributed by atoms with Crippen LogP contribution in [0.3, 0.4) is 0 Å². The van der Waals surface area contributed by atoms with E-state index in [0.29, 0.717) is 6.54 Å². The first-order valence-corrected chi connectivity index (χ1v) is 9.33. The maximum absolute atomic E-state index is 12.2.